The Hall–Kier alpha value is -1.56. The molecule has 2 bridgehead atoms. The highest BCUT2D eigenvalue weighted by Gasteiger charge is 2.41. The Morgan fingerprint density at radius 2 is 2.47 bits per heavy atom. The number of aliphatic imine (C=N–C) groups is 1. The Labute approximate surface area is 112 Å². The minimum atomic E-state index is 0.348. The topological polar surface area (TPSA) is 71.7 Å². The van der Waals surface area contributed by atoms with Crippen LogP contribution < -0.4 is 10.6 Å². The van der Waals surface area contributed by atoms with Crippen molar-refractivity contribution in [1.82, 2.24) is 15.8 Å². The zero-order chi connectivity index (χ0) is 13.1. The summed E-state index contributed by atoms with van der Waals surface area (Å²) in [5, 5.41) is 10.6. The highest BCUT2D eigenvalue weighted by Crippen LogP contribution is 2.34. The fraction of sp³-hybridized carbons (Fsp3) is 0.692. The zero-order valence-electron chi connectivity index (χ0n) is 11.1. The smallest absolute Gasteiger partial charge is 0.191 e. The first-order valence-electron chi connectivity index (χ1n) is 6.94. The first-order chi connectivity index (χ1) is 9.35. The van der Waals surface area contributed by atoms with Crippen LogP contribution in [-0.4, -0.2) is 35.9 Å². The number of nitrogens with one attached hydrogen (secondary N) is 2. The van der Waals surface area contributed by atoms with E-state index in [0.29, 0.717) is 24.8 Å². The van der Waals surface area contributed by atoms with Crippen molar-refractivity contribution in [1.29, 1.82) is 0 Å². The monoisotopic (exact) mass is 264 g/mol. The summed E-state index contributed by atoms with van der Waals surface area (Å²) >= 11 is 0. The Kier molecular flexibility index (Phi) is 3.68. The van der Waals surface area contributed by atoms with Crippen molar-refractivity contribution < 1.29 is 9.26 Å². The van der Waals surface area contributed by atoms with Crippen molar-refractivity contribution in [3.8, 4) is 0 Å². The van der Waals surface area contributed by atoms with Crippen LogP contribution in [0, 0.1) is 0 Å². The molecule has 6 heteroatoms. The van der Waals surface area contributed by atoms with Gasteiger partial charge in [-0.15, -0.1) is 0 Å². The quantitative estimate of drug-likeness (QED) is 0.628. The van der Waals surface area contributed by atoms with E-state index in [1.165, 1.54) is 6.42 Å². The van der Waals surface area contributed by atoms with Crippen LogP contribution in [0.1, 0.15) is 31.9 Å². The molecular weight excluding hydrogens is 244 g/mol. The molecule has 6 nitrogen and oxygen atoms in total. The number of ether oxygens (including phenoxy) is 1. The Morgan fingerprint density at radius 3 is 3.11 bits per heavy atom. The highest BCUT2D eigenvalue weighted by molar-refractivity contribution is 5.80. The van der Waals surface area contributed by atoms with Gasteiger partial charge in [0.25, 0.3) is 0 Å². The first-order valence-corrected chi connectivity index (χ1v) is 6.94. The predicted molar refractivity (Wildman–Crippen MR) is 70.8 cm³/mol. The minimum absolute atomic E-state index is 0.348. The summed E-state index contributed by atoms with van der Waals surface area (Å²) in [4.78, 5) is 4.52. The Morgan fingerprint density at radius 1 is 1.53 bits per heavy atom. The van der Waals surface area contributed by atoms with Crippen molar-refractivity contribution in [3.63, 3.8) is 0 Å². The largest absolute Gasteiger partial charge is 0.373 e. The molecule has 2 aliphatic rings. The molecule has 1 aromatic heterocycles. The molecule has 0 amide bonds. The van der Waals surface area contributed by atoms with E-state index < -0.39 is 0 Å². The molecule has 0 aromatic carbocycles. The third-order valence-electron chi connectivity index (χ3n) is 3.66. The van der Waals surface area contributed by atoms with Gasteiger partial charge in [0.1, 0.15) is 12.0 Å². The summed E-state index contributed by atoms with van der Waals surface area (Å²) in [5.41, 5.74) is 0.835. The van der Waals surface area contributed by atoms with Gasteiger partial charge in [0, 0.05) is 12.6 Å². The highest BCUT2D eigenvalue weighted by atomic mass is 16.5. The molecule has 1 aromatic rings. The number of guanidine groups is 1. The molecule has 3 heterocycles. The maximum Gasteiger partial charge on any atom is 0.191 e. The van der Waals surface area contributed by atoms with Crippen LogP contribution in [0.5, 0.6) is 0 Å². The lowest BCUT2D eigenvalue weighted by Crippen LogP contribution is -2.47. The van der Waals surface area contributed by atoms with Gasteiger partial charge >= 0.3 is 0 Å². The van der Waals surface area contributed by atoms with Gasteiger partial charge in [0.2, 0.25) is 0 Å². The molecule has 2 N–H and O–H groups in total. The van der Waals surface area contributed by atoms with E-state index in [0.717, 1.165) is 31.0 Å². The normalized spacial score (nSPS) is 29.7. The van der Waals surface area contributed by atoms with E-state index in [4.69, 9.17) is 9.26 Å². The molecule has 3 atom stereocenters. The van der Waals surface area contributed by atoms with E-state index in [2.05, 4.69) is 27.7 Å². The van der Waals surface area contributed by atoms with Crippen LogP contribution >= 0.6 is 0 Å². The maximum absolute atomic E-state index is 5.84. The molecule has 2 saturated heterocycles. The standard InChI is InChI=1S/C13H20N4O2/c1-2-14-13(15-8-9-5-6-18-17-9)16-11-7-10-3-4-12(11)19-10/h5-6,10-12H,2-4,7-8H2,1H3,(H2,14,15,16). The summed E-state index contributed by atoms with van der Waals surface area (Å²) in [5.74, 6) is 0.826. The molecule has 3 unspecified atom stereocenters. The molecule has 3 rings (SSSR count). The van der Waals surface area contributed by atoms with Gasteiger partial charge in [0.15, 0.2) is 5.96 Å². The van der Waals surface area contributed by atoms with Gasteiger partial charge in [-0.3, -0.25) is 0 Å². The van der Waals surface area contributed by atoms with Crippen LogP contribution in [0.3, 0.4) is 0 Å². The van der Waals surface area contributed by atoms with E-state index in [1.807, 2.05) is 6.07 Å². The zero-order valence-corrected chi connectivity index (χ0v) is 11.1. The number of aromatic nitrogens is 1. The summed E-state index contributed by atoms with van der Waals surface area (Å²) in [6, 6.07) is 2.21. The van der Waals surface area contributed by atoms with E-state index in [1.54, 1.807) is 6.26 Å². The summed E-state index contributed by atoms with van der Waals surface area (Å²) in [7, 11) is 0. The molecule has 19 heavy (non-hydrogen) atoms. The second-order valence-electron chi connectivity index (χ2n) is 5.05. The average molecular weight is 264 g/mol. The van der Waals surface area contributed by atoms with Crippen LogP contribution in [0.2, 0.25) is 0 Å². The summed E-state index contributed by atoms with van der Waals surface area (Å²) in [6.45, 7) is 3.42. The molecule has 0 spiro atoms. The van der Waals surface area contributed by atoms with E-state index in [9.17, 15) is 0 Å². The van der Waals surface area contributed by atoms with Crippen LogP contribution in [0.25, 0.3) is 0 Å². The number of fused-ring (bicyclic) bond motifs is 2. The van der Waals surface area contributed by atoms with Crippen molar-refractivity contribution in [2.75, 3.05) is 6.54 Å². The molecule has 2 fully saturated rings. The number of rotatable bonds is 4. The molecule has 0 aliphatic carbocycles. The molecule has 104 valence electrons. The van der Waals surface area contributed by atoms with Gasteiger partial charge in [-0.1, -0.05) is 5.16 Å². The first kappa shape index (κ1) is 12.5. The van der Waals surface area contributed by atoms with Gasteiger partial charge in [-0.2, -0.15) is 0 Å². The number of hydrogen-bond donors (Lipinski definition) is 2. The van der Waals surface area contributed by atoms with Crippen molar-refractivity contribution in [3.05, 3.63) is 18.0 Å². The maximum atomic E-state index is 5.84. The second kappa shape index (κ2) is 5.61. The molecule has 2 aliphatic heterocycles. The van der Waals surface area contributed by atoms with Gasteiger partial charge in [-0.25, -0.2) is 4.99 Å². The second-order valence-corrected chi connectivity index (χ2v) is 5.05. The number of nitrogens with zero attached hydrogens (tertiary/aromatic N) is 2. The van der Waals surface area contributed by atoms with E-state index in [-0.39, 0.29) is 0 Å². The lowest BCUT2D eigenvalue weighted by atomic mass is 9.96. The summed E-state index contributed by atoms with van der Waals surface area (Å²) in [6.07, 6.45) is 5.80. The SMILES string of the molecule is CCNC(=NCc1ccon1)NC1CC2CCC1O2. The predicted octanol–water partition coefficient (Wildman–Crippen LogP) is 1.05. The van der Waals surface area contributed by atoms with Crippen LogP contribution in [0.15, 0.2) is 21.8 Å². The van der Waals surface area contributed by atoms with E-state index >= 15 is 0 Å². The van der Waals surface area contributed by atoms with Crippen molar-refractivity contribution >= 4 is 5.96 Å². The molecule has 0 saturated carbocycles. The molecular formula is C13H20N4O2. The lowest BCUT2D eigenvalue weighted by molar-refractivity contribution is 0.0992. The van der Waals surface area contributed by atoms with Crippen molar-refractivity contribution in [2.24, 2.45) is 4.99 Å². The third kappa shape index (κ3) is 2.89. The lowest BCUT2D eigenvalue weighted by Gasteiger charge is -2.22. The van der Waals surface area contributed by atoms with Gasteiger partial charge in [-0.05, 0) is 26.2 Å². The molecule has 0 radical (unpaired) electrons. The van der Waals surface area contributed by atoms with Crippen LogP contribution in [0.4, 0.5) is 0 Å². The van der Waals surface area contributed by atoms with Gasteiger partial charge in [0.05, 0.1) is 24.8 Å². The minimum Gasteiger partial charge on any atom is -0.373 e. The number of hydrogen-bond acceptors (Lipinski definition) is 4. The summed E-state index contributed by atoms with van der Waals surface area (Å²) < 4.78 is 10.6. The fourth-order valence-corrected chi connectivity index (χ4v) is 2.76. The van der Waals surface area contributed by atoms with Gasteiger partial charge < -0.3 is 19.9 Å². The van der Waals surface area contributed by atoms with Crippen molar-refractivity contribution in [2.45, 2.75) is 51.0 Å². The average Bonchev–Trinajstić information content (AvgIpc) is 3.13. The fourth-order valence-electron chi connectivity index (χ4n) is 2.76. The van der Waals surface area contributed by atoms with Crippen LogP contribution in [-0.2, 0) is 11.3 Å². The Balaban J connectivity index is 1.59. The Bertz CT molecular complexity index is 432. The third-order valence-corrected chi connectivity index (χ3v) is 3.66.